The molecule has 2 aromatic carbocycles. The topological polar surface area (TPSA) is 107 Å². The highest BCUT2D eigenvalue weighted by molar-refractivity contribution is 6.01. The van der Waals surface area contributed by atoms with Crippen LogP contribution < -0.4 is 10.2 Å². The third kappa shape index (κ3) is 6.15. The first kappa shape index (κ1) is 22.5. The average molecular weight is 424 g/mol. The summed E-state index contributed by atoms with van der Waals surface area (Å²) < 4.78 is 0. The minimum atomic E-state index is -1.11. The van der Waals surface area contributed by atoms with Gasteiger partial charge in [0.05, 0.1) is 6.04 Å². The summed E-state index contributed by atoms with van der Waals surface area (Å²) in [5.74, 6) is -2.53. The summed E-state index contributed by atoms with van der Waals surface area (Å²) in [5, 5.41) is 22.2. The van der Waals surface area contributed by atoms with Crippen LogP contribution in [-0.2, 0) is 27.2 Å². The molecule has 1 aliphatic rings. The van der Waals surface area contributed by atoms with Crippen molar-refractivity contribution in [3.63, 3.8) is 0 Å². The third-order valence-corrected chi connectivity index (χ3v) is 5.59. The van der Waals surface area contributed by atoms with Crippen LogP contribution in [-0.4, -0.2) is 46.7 Å². The van der Waals surface area contributed by atoms with Gasteiger partial charge in [0.2, 0.25) is 5.91 Å². The van der Waals surface area contributed by atoms with Crippen LogP contribution in [0.4, 0.5) is 5.69 Å². The molecular formula is C24H28N2O5. The van der Waals surface area contributed by atoms with Gasteiger partial charge in [0.1, 0.15) is 12.6 Å². The number of aryl methyl sites for hydroxylation is 2. The smallest absolute Gasteiger partial charge is 0.323 e. The lowest BCUT2D eigenvalue weighted by atomic mass is 10.0. The molecule has 2 atom stereocenters. The molecule has 164 valence electrons. The van der Waals surface area contributed by atoms with Gasteiger partial charge in [-0.15, -0.1) is 0 Å². The van der Waals surface area contributed by atoms with Crippen molar-refractivity contribution >= 4 is 23.5 Å². The average Bonchev–Trinajstić information content (AvgIpc) is 2.81. The summed E-state index contributed by atoms with van der Waals surface area (Å²) in [6, 6.07) is 15.2. The number of carbonyl (C=O) groups excluding carboxylic acids is 1. The summed E-state index contributed by atoms with van der Waals surface area (Å²) in [4.78, 5) is 38.1. The van der Waals surface area contributed by atoms with Crippen molar-refractivity contribution in [1.82, 2.24) is 5.32 Å². The molecule has 1 amide bonds. The van der Waals surface area contributed by atoms with Gasteiger partial charge in [0.15, 0.2) is 0 Å². The molecule has 0 saturated heterocycles. The van der Waals surface area contributed by atoms with Gasteiger partial charge in [-0.2, -0.15) is 0 Å². The number of para-hydroxylation sites is 1. The molecule has 1 aliphatic heterocycles. The number of nitrogens with zero attached hydrogens (tertiary/aromatic N) is 1. The highest BCUT2D eigenvalue weighted by atomic mass is 16.4. The SMILES string of the molecule is O=C(O)CN1C(=O)[C@H](N[C@@H](CCc2ccccc2)C(=O)O)CCCCc2ccccc21. The van der Waals surface area contributed by atoms with Crippen LogP contribution in [0.25, 0.3) is 0 Å². The van der Waals surface area contributed by atoms with E-state index in [0.29, 0.717) is 24.9 Å². The van der Waals surface area contributed by atoms with Crippen LogP contribution in [0, 0.1) is 0 Å². The minimum absolute atomic E-state index is 0.332. The predicted molar refractivity (Wildman–Crippen MR) is 117 cm³/mol. The molecule has 31 heavy (non-hydrogen) atoms. The standard InChI is InChI=1S/C24H28N2O5/c27-22(28)16-26-21-13-7-5-11-18(21)10-4-6-12-19(23(26)29)25-20(24(30)31)15-14-17-8-2-1-3-9-17/h1-3,5,7-9,11,13,19-20,25H,4,6,10,12,14-16H2,(H,27,28)(H,30,31)/t19-,20+/m1/s1. The van der Waals surface area contributed by atoms with Crippen LogP contribution in [0.2, 0.25) is 0 Å². The van der Waals surface area contributed by atoms with E-state index in [2.05, 4.69) is 5.32 Å². The lowest BCUT2D eigenvalue weighted by molar-refractivity contribution is -0.140. The second-order valence-electron chi connectivity index (χ2n) is 7.83. The highest BCUT2D eigenvalue weighted by Gasteiger charge is 2.32. The summed E-state index contributed by atoms with van der Waals surface area (Å²) in [5.41, 5.74) is 2.54. The Bertz CT molecular complexity index is 915. The van der Waals surface area contributed by atoms with Gasteiger partial charge in [-0.3, -0.25) is 24.6 Å². The molecule has 3 N–H and O–H groups in total. The maximum atomic E-state index is 13.4. The first-order valence-corrected chi connectivity index (χ1v) is 10.6. The quantitative estimate of drug-likeness (QED) is 0.602. The molecule has 0 radical (unpaired) electrons. The lowest BCUT2D eigenvalue weighted by Crippen LogP contribution is -2.53. The maximum absolute atomic E-state index is 13.4. The number of carboxylic acids is 2. The Balaban J connectivity index is 1.81. The second kappa shape index (κ2) is 10.7. The van der Waals surface area contributed by atoms with Crippen molar-refractivity contribution in [2.45, 2.75) is 50.6 Å². The van der Waals surface area contributed by atoms with E-state index in [9.17, 15) is 24.6 Å². The van der Waals surface area contributed by atoms with Crippen LogP contribution in [0.15, 0.2) is 54.6 Å². The van der Waals surface area contributed by atoms with Crippen LogP contribution in [0.3, 0.4) is 0 Å². The van der Waals surface area contributed by atoms with Crippen molar-refractivity contribution in [3.05, 3.63) is 65.7 Å². The lowest BCUT2D eigenvalue weighted by Gasteiger charge is -2.29. The fraction of sp³-hybridized carbons (Fsp3) is 0.375. The van der Waals surface area contributed by atoms with Gasteiger partial charge in [-0.1, -0.05) is 55.0 Å². The van der Waals surface area contributed by atoms with E-state index in [1.807, 2.05) is 42.5 Å². The van der Waals surface area contributed by atoms with Gasteiger partial charge in [0.25, 0.3) is 0 Å². The van der Waals surface area contributed by atoms with Crippen LogP contribution >= 0.6 is 0 Å². The van der Waals surface area contributed by atoms with Crippen LogP contribution in [0.5, 0.6) is 0 Å². The molecule has 0 unspecified atom stereocenters. The number of carboxylic acid groups (broad SMARTS) is 2. The van der Waals surface area contributed by atoms with Crippen molar-refractivity contribution in [3.8, 4) is 0 Å². The molecule has 1 heterocycles. The van der Waals surface area contributed by atoms with Crippen molar-refractivity contribution in [2.24, 2.45) is 0 Å². The molecular weight excluding hydrogens is 396 g/mol. The number of amides is 1. The first-order valence-electron chi connectivity index (χ1n) is 10.6. The number of carbonyl (C=O) groups is 3. The molecule has 3 rings (SSSR count). The summed E-state index contributed by atoms with van der Waals surface area (Å²) >= 11 is 0. The number of aliphatic carboxylic acids is 2. The Morgan fingerprint density at radius 1 is 1.03 bits per heavy atom. The van der Waals surface area contributed by atoms with Crippen LogP contribution in [0.1, 0.15) is 36.8 Å². The second-order valence-corrected chi connectivity index (χ2v) is 7.83. The number of rotatable bonds is 8. The maximum Gasteiger partial charge on any atom is 0.323 e. The summed E-state index contributed by atoms with van der Waals surface area (Å²) in [6.45, 7) is -0.463. The van der Waals surface area contributed by atoms with Gasteiger partial charge in [0, 0.05) is 5.69 Å². The van der Waals surface area contributed by atoms with E-state index < -0.39 is 36.5 Å². The van der Waals surface area contributed by atoms with E-state index >= 15 is 0 Å². The Hall–Kier alpha value is -3.19. The van der Waals surface area contributed by atoms with Gasteiger partial charge >= 0.3 is 11.9 Å². The fourth-order valence-corrected chi connectivity index (χ4v) is 4.01. The Morgan fingerprint density at radius 2 is 1.74 bits per heavy atom. The van der Waals surface area contributed by atoms with E-state index in [4.69, 9.17) is 0 Å². The molecule has 0 aromatic heterocycles. The van der Waals surface area contributed by atoms with Crippen molar-refractivity contribution in [1.29, 1.82) is 0 Å². The van der Waals surface area contributed by atoms with Crippen molar-refractivity contribution in [2.75, 3.05) is 11.4 Å². The minimum Gasteiger partial charge on any atom is -0.480 e. The molecule has 0 bridgehead atoms. The molecule has 7 heteroatoms. The van der Waals surface area contributed by atoms with E-state index in [0.717, 1.165) is 30.4 Å². The van der Waals surface area contributed by atoms with Gasteiger partial charge in [-0.05, 0) is 49.3 Å². The van der Waals surface area contributed by atoms with Crippen molar-refractivity contribution < 1.29 is 24.6 Å². The Morgan fingerprint density at radius 3 is 2.45 bits per heavy atom. The highest BCUT2D eigenvalue weighted by Crippen LogP contribution is 2.26. The number of nitrogens with one attached hydrogen (secondary N) is 1. The zero-order valence-electron chi connectivity index (χ0n) is 17.4. The van der Waals surface area contributed by atoms with E-state index in [-0.39, 0.29) is 0 Å². The predicted octanol–water partition coefficient (Wildman–Crippen LogP) is 2.87. The Kier molecular flexibility index (Phi) is 7.78. The number of anilines is 1. The monoisotopic (exact) mass is 424 g/mol. The summed E-state index contributed by atoms with van der Waals surface area (Å²) in [7, 11) is 0. The first-order chi connectivity index (χ1) is 15.0. The molecule has 0 aliphatic carbocycles. The molecule has 0 saturated carbocycles. The summed E-state index contributed by atoms with van der Waals surface area (Å²) in [6.07, 6.45) is 3.67. The normalized spacial score (nSPS) is 17.7. The van der Waals surface area contributed by atoms with E-state index in [1.54, 1.807) is 12.1 Å². The number of hydrogen-bond acceptors (Lipinski definition) is 4. The van der Waals surface area contributed by atoms with Gasteiger partial charge < -0.3 is 10.2 Å². The zero-order chi connectivity index (χ0) is 22.2. The molecule has 0 fully saturated rings. The third-order valence-electron chi connectivity index (χ3n) is 5.59. The Labute approximate surface area is 181 Å². The number of benzene rings is 2. The number of fused-ring (bicyclic) bond motifs is 1. The van der Waals surface area contributed by atoms with E-state index in [1.165, 1.54) is 4.90 Å². The molecule has 7 nitrogen and oxygen atoms in total. The fourth-order valence-electron chi connectivity index (χ4n) is 4.01. The largest absolute Gasteiger partial charge is 0.480 e. The number of hydrogen-bond donors (Lipinski definition) is 3. The molecule has 0 spiro atoms. The molecule has 2 aromatic rings. The zero-order valence-corrected chi connectivity index (χ0v) is 17.4. The van der Waals surface area contributed by atoms with Gasteiger partial charge in [-0.25, -0.2) is 0 Å².